The molecule has 194 valence electrons. The van der Waals surface area contributed by atoms with Crippen molar-refractivity contribution in [1.82, 2.24) is 19.4 Å². The van der Waals surface area contributed by atoms with Gasteiger partial charge in [-0.1, -0.05) is 23.9 Å². The van der Waals surface area contributed by atoms with Gasteiger partial charge in [-0.3, -0.25) is 14.2 Å². The highest BCUT2D eigenvalue weighted by Crippen LogP contribution is 2.28. The Kier molecular flexibility index (Phi) is 8.34. The number of aromatic nitrogens is 3. The van der Waals surface area contributed by atoms with Crippen molar-refractivity contribution >= 4 is 39.2 Å². The summed E-state index contributed by atoms with van der Waals surface area (Å²) < 4.78 is 17.8. The van der Waals surface area contributed by atoms with Crippen LogP contribution in [0.25, 0.3) is 10.2 Å². The molecule has 4 aromatic rings. The summed E-state index contributed by atoms with van der Waals surface area (Å²) in [6.45, 7) is 6.50. The van der Waals surface area contributed by atoms with E-state index in [9.17, 15) is 9.59 Å². The van der Waals surface area contributed by atoms with Gasteiger partial charge in [-0.15, -0.1) is 17.9 Å². The minimum Gasteiger partial charge on any atom is -0.493 e. The number of carbonyl (C=O) groups is 1. The topological polar surface area (TPSA) is 99.7 Å². The molecule has 0 N–H and O–H groups in total. The molecule has 9 nitrogen and oxygen atoms in total. The van der Waals surface area contributed by atoms with E-state index in [4.69, 9.17) is 13.9 Å². The van der Waals surface area contributed by atoms with Crippen LogP contribution in [0.4, 0.5) is 0 Å². The third-order valence-electron chi connectivity index (χ3n) is 5.78. The number of amides is 1. The van der Waals surface area contributed by atoms with Crippen molar-refractivity contribution in [2.24, 2.45) is 0 Å². The van der Waals surface area contributed by atoms with Crippen LogP contribution in [0, 0.1) is 6.92 Å². The molecule has 0 saturated carbocycles. The van der Waals surface area contributed by atoms with Gasteiger partial charge in [-0.05, 0) is 42.0 Å². The molecule has 0 aliphatic heterocycles. The zero-order valence-corrected chi connectivity index (χ0v) is 22.8. The fraction of sp³-hybridized carbons (Fsp3) is 0.308. The number of allylic oxidation sites excluding steroid dienone is 1. The van der Waals surface area contributed by atoms with Gasteiger partial charge in [0.05, 0.1) is 25.4 Å². The molecule has 0 radical (unpaired) electrons. The highest BCUT2D eigenvalue weighted by molar-refractivity contribution is 7.98. The average molecular weight is 541 g/mol. The molecule has 0 aliphatic rings. The predicted octanol–water partition coefficient (Wildman–Crippen LogP) is 4.56. The molecule has 0 aliphatic carbocycles. The second kappa shape index (κ2) is 11.7. The number of hydrogen-bond acceptors (Lipinski definition) is 9. The summed E-state index contributed by atoms with van der Waals surface area (Å²) in [6.07, 6.45) is 3.67. The lowest BCUT2D eigenvalue weighted by molar-refractivity contribution is 0.0790. The Labute approximate surface area is 222 Å². The van der Waals surface area contributed by atoms with Crippen molar-refractivity contribution < 1.29 is 18.7 Å². The zero-order chi connectivity index (χ0) is 26.5. The summed E-state index contributed by atoms with van der Waals surface area (Å²) >= 11 is 2.78. The Morgan fingerprint density at radius 2 is 2.05 bits per heavy atom. The smallest absolute Gasteiger partial charge is 0.275 e. The van der Waals surface area contributed by atoms with E-state index in [1.807, 2.05) is 30.5 Å². The number of thioether (sulfide) groups is 1. The predicted molar refractivity (Wildman–Crippen MR) is 145 cm³/mol. The molecule has 3 heterocycles. The number of aryl methyl sites for hydroxylation is 1. The first-order chi connectivity index (χ1) is 17.9. The van der Waals surface area contributed by atoms with Crippen molar-refractivity contribution in [2.45, 2.75) is 30.8 Å². The molecule has 1 amide bonds. The van der Waals surface area contributed by atoms with Gasteiger partial charge in [0.15, 0.2) is 22.3 Å². The van der Waals surface area contributed by atoms with Gasteiger partial charge in [0.25, 0.3) is 11.5 Å². The van der Waals surface area contributed by atoms with E-state index in [2.05, 4.69) is 16.5 Å². The maximum Gasteiger partial charge on any atom is 0.275 e. The van der Waals surface area contributed by atoms with E-state index in [0.717, 1.165) is 11.1 Å². The van der Waals surface area contributed by atoms with Crippen LogP contribution in [0.1, 0.15) is 27.5 Å². The van der Waals surface area contributed by atoms with Crippen LogP contribution in [0.5, 0.6) is 11.5 Å². The third kappa shape index (κ3) is 5.72. The van der Waals surface area contributed by atoms with Crippen LogP contribution in [0.3, 0.4) is 0 Å². The number of methoxy groups -OCH3 is 2. The standard InChI is InChI=1S/C26H28N4O5S2/c1-6-10-30-25(32)22-16(2)14-36-23(22)28-26(30)37-15-21-27-18(13-35-21)24(31)29(3)11-9-17-7-8-19(33-4)20(12-17)34-5/h6-8,12-14H,1,9-11,15H2,2-5H3. The van der Waals surface area contributed by atoms with Crippen LogP contribution in [-0.2, 0) is 18.7 Å². The average Bonchev–Trinajstić information content (AvgIpc) is 3.53. The quantitative estimate of drug-likeness (QED) is 0.155. The number of ether oxygens (including phenoxy) is 2. The highest BCUT2D eigenvalue weighted by atomic mass is 32.2. The lowest BCUT2D eigenvalue weighted by atomic mass is 10.1. The molecule has 0 unspecified atom stereocenters. The maximum absolute atomic E-state index is 13.0. The van der Waals surface area contributed by atoms with E-state index >= 15 is 0 Å². The first-order valence-corrected chi connectivity index (χ1v) is 13.4. The van der Waals surface area contributed by atoms with E-state index in [0.29, 0.717) is 58.0 Å². The Bertz CT molecular complexity index is 1490. The Hall–Kier alpha value is -3.57. The van der Waals surface area contributed by atoms with Gasteiger partial charge in [0, 0.05) is 20.1 Å². The number of benzene rings is 1. The first-order valence-electron chi connectivity index (χ1n) is 11.5. The molecule has 0 bridgehead atoms. The maximum atomic E-state index is 13.0. The lowest BCUT2D eigenvalue weighted by Gasteiger charge is -2.16. The van der Waals surface area contributed by atoms with Crippen molar-refractivity contribution in [2.75, 3.05) is 27.8 Å². The highest BCUT2D eigenvalue weighted by Gasteiger charge is 2.19. The zero-order valence-electron chi connectivity index (χ0n) is 21.1. The molecule has 11 heteroatoms. The molecule has 4 rings (SSSR count). The number of likely N-dealkylation sites (N-methyl/N-ethyl adjacent to an activating group) is 1. The summed E-state index contributed by atoms with van der Waals surface area (Å²) in [5, 5.41) is 3.12. The molecule has 1 aromatic carbocycles. The van der Waals surface area contributed by atoms with Gasteiger partial charge >= 0.3 is 0 Å². The van der Waals surface area contributed by atoms with E-state index in [-0.39, 0.29) is 17.2 Å². The Morgan fingerprint density at radius 3 is 2.78 bits per heavy atom. The SMILES string of the molecule is C=CCn1c(SCc2nc(C(=O)N(C)CCc3ccc(OC)c(OC)c3)co2)nc2scc(C)c2c1=O. The Morgan fingerprint density at radius 1 is 1.27 bits per heavy atom. The number of oxazole rings is 1. The minimum absolute atomic E-state index is 0.0921. The molecule has 0 saturated heterocycles. The summed E-state index contributed by atoms with van der Waals surface area (Å²) in [5.41, 5.74) is 2.07. The number of fused-ring (bicyclic) bond motifs is 1. The molecule has 37 heavy (non-hydrogen) atoms. The molecule has 0 spiro atoms. The summed E-state index contributed by atoms with van der Waals surface area (Å²) in [6, 6.07) is 5.69. The summed E-state index contributed by atoms with van der Waals surface area (Å²) in [7, 11) is 4.91. The number of rotatable bonds is 11. The van der Waals surface area contributed by atoms with E-state index < -0.39 is 0 Å². The van der Waals surface area contributed by atoms with Crippen molar-refractivity contribution in [1.29, 1.82) is 0 Å². The van der Waals surface area contributed by atoms with Crippen molar-refractivity contribution in [3.8, 4) is 11.5 Å². The largest absolute Gasteiger partial charge is 0.493 e. The minimum atomic E-state index is -0.238. The van der Waals surface area contributed by atoms with Crippen molar-refractivity contribution in [3.63, 3.8) is 0 Å². The normalized spacial score (nSPS) is 11.0. The second-order valence-corrected chi connectivity index (χ2v) is 10.1. The number of nitrogens with zero attached hydrogens (tertiary/aromatic N) is 4. The molecular formula is C26H28N4O5S2. The number of thiophene rings is 1. The first kappa shape index (κ1) is 26.5. The van der Waals surface area contributed by atoms with Gasteiger partial charge in [0.2, 0.25) is 5.89 Å². The van der Waals surface area contributed by atoms with E-state index in [1.54, 1.807) is 36.8 Å². The number of carbonyl (C=O) groups excluding carboxylic acids is 1. The monoisotopic (exact) mass is 540 g/mol. The van der Waals surface area contributed by atoms with Crippen molar-refractivity contribution in [3.05, 3.63) is 75.6 Å². The van der Waals surface area contributed by atoms with Gasteiger partial charge < -0.3 is 18.8 Å². The van der Waals surface area contributed by atoms with Crippen LogP contribution in [-0.4, -0.2) is 53.2 Å². The van der Waals surface area contributed by atoms with Crippen LogP contribution in [0.2, 0.25) is 0 Å². The number of hydrogen-bond donors (Lipinski definition) is 0. The molecule has 0 fully saturated rings. The second-order valence-electron chi connectivity index (χ2n) is 8.28. The molecule has 0 atom stereocenters. The molecule has 3 aromatic heterocycles. The van der Waals surface area contributed by atoms with E-state index in [1.165, 1.54) is 29.4 Å². The van der Waals surface area contributed by atoms with Gasteiger partial charge in [0.1, 0.15) is 11.1 Å². The third-order valence-corrected chi connectivity index (χ3v) is 7.73. The van der Waals surface area contributed by atoms with Gasteiger partial charge in [-0.2, -0.15) is 0 Å². The van der Waals surface area contributed by atoms with Gasteiger partial charge in [-0.25, -0.2) is 9.97 Å². The summed E-state index contributed by atoms with van der Waals surface area (Å²) in [5.74, 6) is 1.77. The van der Waals surface area contributed by atoms with Crippen LogP contribution in [0.15, 0.2) is 56.9 Å². The summed E-state index contributed by atoms with van der Waals surface area (Å²) in [4.78, 5) is 37.2. The fourth-order valence-electron chi connectivity index (χ4n) is 3.77. The van der Waals surface area contributed by atoms with Crippen LogP contribution >= 0.6 is 23.1 Å². The Balaban J connectivity index is 1.41. The lowest BCUT2D eigenvalue weighted by Crippen LogP contribution is -2.29. The molecular weight excluding hydrogens is 512 g/mol. The fourth-order valence-corrected chi connectivity index (χ4v) is 5.60. The van der Waals surface area contributed by atoms with Crippen LogP contribution < -0.4 is 15.0 Å².